The van der Waals surface area contributed by atoms with E-state index in [9.17, 15) is 14.5 Å². The molecule has 17 heavy (non-hydrogen) atoms. The number of rotatable bonds is 2. The Labute approximate surface area is 106 Å². The van der Waals surface area contributed by atoms with Gasteiger partial charge in [0.1, 0.15) is 0 Å². The molecule has 1 rings (SSSR count). The first-order valence-electron chi connectivity index (χ1n) is 4.93. The van der Waals surface area contributed by atoms with Crippen molar-refractivity contribution in [2.75, 3.05) is 0 Å². The minimum atomic E-state index is -0.838. The first-order valence-corrected chi connectivity index (χ1v) is 4.93. The van der Waals surface area contributed by atoms with Crippen LogP contribution in [-0.4, -0.2) is 4.92 Å². The van der Waals surface area contributed by atoms with Gasteiger partial charge in [-0.1, -0.05) is 26.8 Å². The van der Waals surface area contributed by atoms with Crippen molar-refractivity contribution in [3.63, 3.8) is 0 Å². The summed E-state index contributed by atoms with van der Waals surface area (Å²) in [5.41, 5.74) is 5.76. The quantitative estimate of drug-likeness (QED) is 0.657. The maximum absolute atomic E-state index is 13.1. The molecule has 0 saturated heterocycles. The zero-order valence-corrected chi connectivity index (χ0v) is 10.8. The highest BCUT2D eigenvalue weighted by Gasteiger charge is 2.25. The van der Waals surface area contributed by atoms with Crippen LogP contribution in [0.5, 0.6) is 0 Å². The molecule has 0 fully saturated rings. The van der Waals surface area contributed by atoms with Gasteiger partial charge in [-0.3, -0.25) is 10.1 Å². The standard InChI is InChI=1S/C11H15FN2O2.ClH/c1-11(2,3)10(13)7-4-5-8(12)9(6-7)14(15)16;/h4-6,10H,13H2,1-3H3;1H/t10-;/m1./s1. The molecule has 1 aromatic rings. The number of nitrogens with two attached hydrogens (primary N) is 1. The van der Waals surface area contributed by atoms with Gasteiger partial charge < -0.3 is 5.73 Å². The molecule has 1 atom stereocenters. The van der Waals surface area contributed by atoms with Gasteiger partial charge in [0.2, 0.25) is 5.82 Å². The van der Waals surface area contributed by atoms with E-state index < -0.39 is 16.4 Å². The van der Waals surface area contributed by atoms with Crippen molar-refractivity contribution in [2.24, 2.45) is 11.1 Å². The molecule has 4 nitrogen and oxygen atoms in total. The number of nitrogens with zero attached hydrogens (tertiary/aromatic N) is 1. The second kappa shape index (κ2) is 5.42. The van der Waals surface area contributed by atoms with Crippen molar-refractivity contribution in [1.29, 1.82) is 0 Å². The van der Waals surface area contributed by atoms with E-state index in [-0.39, 0.29) is 23.9 Å². The molecule has 0 spiro atoms. The number of hydrogen-bond acceptors (Lipinski definition) is 3. The highest BCUT2D eigenvalue weighted by atomic mass is 35.5. The maximum atomic E-state index is 13.1. The van der Waals surface area contributed by atoms with E-state index in [2.05, 4.69) is 0 Å². The van der Waals surface area contributed by atoms with Crippen LogP contribution >= 0.6 is 12.4 Å². The molecule has 0 radical (unpaired) electrons. The van der Waals surface area contributed by atoms with Gasteiger partial charge in [0.05, 0.1) is 4.92 Å². The molecular weight excluding hydrogens is 247 g/mol. The van der Waals surface area contributed by atoms with E-state index in [1.54, 1.807) is 0 Å². The molecular formula is C11H16ClFN2O2. The van der Waals surface area contributed by atoms with Gasteiger partial charge in [0, 0.05) is 12.1 Å². The number of hydrogen-bond donors (Lipinski definition) is 1. The average molecular weight is 263 g/mol. The molecule has 0 heterocycles. The summed E-state index contributed by atoms with van der Waals surface area (Å²) < 4.78 is 13.1. The third kappa shape index (κ3) is 3.64. The summed E-state index contributed by atoms with van der Waals surface area (Å²) in [6, 6.07) is 3.40. The number of halogens is 2. The lowest BCUT2D eigenvalue weighted by Crippen LogP contribution is -2.26. The van der Waals surface area contributed by atoms with Crippen LogP contribution in [0.25, 0.3) is 0 Å². The second-order valence-corrected chi connectivity index (χ2v) is 4.81. The Kier molecular flexibility index (Phi) is 5.04. The number of nitro benzene ring substituents is 1. The molecule has 0 aliphatic heterocycles. The first-order chi connectivity index (χ1) is 7.23. The molecule has 96 valence electrons. The first kappa shape index (κ1) is 15.8. The number of benzene rings is 1. The molecule has 2 N–H and O–H groups in total. The van der Waals surface area contributed by atoms with E-state index in [1.165, 1.54) is 12.1 Å². The Morgan fingerprint density at radius 2 is 1.94 bits per heavy atom. The molecule has 0 unspecified atom stereocenters. The van der Waals surface area contributed by atoms with E-state index in [0.717, 1.165) is 6.07 Å². The van der Waals surface area contributed by atoms with Gasteiger partial charge in [0.25, 0.3) is 0 Å². The van der Waals surface area contributed by atoms with Crippen LogP contribution in [-0.2, 0) is 0 Å². The highest BCUT2D eigenvalue weighted by molar-refractivity contribution is 5.85. The normalized spacial score (nSPS) is 12.8. The van der Waals surface area contributed by atoms with Crippen molar-refractivity contribution in [3.8, 4) is 0 Å². The van der Waals surface area contributed by atoms with Crippen LogP contribution in [0.4, 0.5) is 10.1 Å². The van der Waals surface area contributed by atoms with Crippen molar-refractivity contribution in [2.45, 2.75) is 26.8 Å². The lowest BCUT2D eigenvalue weighted by Gasteiger charge is -2.27. The number of nitro groups is 1. The fourth-order valence-electron chi connectivity index (χ4n) is 1.36. The Morgan fingerprint density at radius 3 is 2.35 bits per heavy atom. The highest BCUT2D eigenvalue weighted by Crippen LogP contribution is 2.32. The minimum Gasteiger partial charge on any atom is -0.324 e. The Balaban J connectivity index is 0.00000256. The lowest BCUT2D eigenvalue weighted by molar-refractivity contribution is -0.387. The molecule has 0 aliphatic carbocycles. The Morgan fingerprint density at radius 1 is 1.41 bits per heavy atom. The molecule has 0 aliphatic rings. The monoisotopic (exact) mass is 262 g/mol. The van der Waals surface area contributed by atoms with E-state index in [0.29, 0.717) is 5.56 Å². The minimum absolute atomic E-state index is 0. The lowest BCUT2D eigenvalue weighted by atomic mass is 9.83. The van der Waals surface area contributed by atoms with Crippen molar-refractivity contribution in [3.05, 3.63) is 39.7 Å². The van der Waals surface area contributed by atoms with Crippen LogP contribution in [0.3, 0.4) is 0 Å². The topological polar surface area (TPSA) is 69.2 Å². The van der Waals surface area contributed by atoms with Crippen LogP contribution in [0, 0.1) is 21.3 Å². The summed E-state index contributed by atoms with van der Waals surface area (Å²) in [5, 5.41) is 10.6. The van der Waals surface area contributed by atoms with Gasteiger partial charge in [-0.2, -0.15) is 4.39 Å². The van der Waals surface area contributed by atoms with E-state index >= 15 is 0 Å². The molecule has 0 amide bonds. The van der Waals surface area contributed by atoms with Gasteiger partial charge in [-0.15, -0.1) is 12.4 Å². The Bertz CT molecular complexity index is 418. The predicted octanol–water partition coefficient (Wildman–Crippen LogP) is 3.20. The maximum Gasteiger partial charge on any atom is 0.305 e. The molecule has 0 bridgehead atoms. The summed E-state index contributed by atoms with van der Waals surface area (Å²) in [5.74, 6) is -0.838. The van der Waals surface area contributed by atoms with Gasteiger partial charge in [-0.25, -0.2) is 0 Å². The third-order valence-electron chi connectivity index (χ3n) is 2.46. The van der Waals surface area contributed by atoms with Gasteiger partial charge in [0.15, 0.2) is 0 Å². The SMILES string of the molecule is CC(C)(C)[C@H](N)c1ccc(F)c([N+](=O)[O-])c1.Cl. The van der Waals surface area contributed by atoms with Crippen LogP contribution in [0.15, 0.2) is 18.2 Å². The Hall–Kier alpha value is -1.20. The fraction of sp³-hybridized carbons (Fsp3) is 0.455. The third-order valence-corrected chi connectivity index (χ3v) is 2.46. The smallest absolute Gasteiger partial charge is 0.305 e. The van der Waals surface area contributed by atoms with Crippen LogP contribution < -0.4 is 5.73 Å². The zero-order valence-electron chi connectivity index (χ0n) is 9.94. The summed E-state index contributed by atoms with van der Waals surface area (Å²) in [4.78, 5) is 9.83. The van der Waals surface area contributed by atoms with Crippen molar-refractivity contribution >= 4 is 18.1 Å². The summed E-state index contributed by atoms with van der Waals surface area (Å²) in [6.07, 6.45) is 0. The molecule has 0 saturated carbocycles. The largest absolute Gasteiger partial charge is 0.324 e. The van der Waals surface area contributed by atoms with Crippen molar-refractivity contribution < 1.29 is 9.31 Å². The van der Waals surface area contributed by atoms with Crippen LogP contribution in [0.1, 0.15) is 32.4 Å². The molecule has 1 aromatic carbocycles. The van der Waals surface area contributed by atoms with Crippen LogP contribution in [0.2, 0.25) is 0 Å². The zero-order chi connectivity index (χ0) is 12.5. The fourth-order valence-corrected chi connectivity index (χ4v) is 1.36. The van der Waals surface area contributed by atoms with Gasteiger partial charge >= 0.3 is 5.69 Å². The summed E-state index contributed by atoms with van der Waals surface area (Å²) in [6.45, 7) is 5.77. The van der Waals surface area contributed by atoms with Crippen molar-refractivity contribution in [1.82, 2.24) is 0 Å². The second-order valence-electron chi connectivity index (χ2n) is 4.81. The average Bonchev–Trinajstić information content (AvgIpc) is 2.15. The molecule has 6 heteroatoms. The van der Waals surface area contributed by atoms with E-state index in [4.69, 9.17) is 5.73 Å². The summed E-state index contributed by atoms with van der Waals surface area (Å²) >= 11 is 0. The van der Waals surface area contributed by atoms with E-state index in [1.807, 2.05) is 20.8 Å². The van der Waals surface area contributed by atoms with Gasteiger partial charge in [-0.05, 0) is 17.0 Å². The molecule has 0 aromatic heterocycles. The summed E-state index contributed by atoms with van der Waals surface area (Å²) in [7, 11) is 0. The predicted molar refractivity (Wildman–Crippen MR) is 66.7 cm³/mol.